The second kappa shape index (κ2) is 9.75. The fourth-order valence-corrected chi connectivity index (χ4v) is 2.75. The zero-order valence-electron chi connectivity index (χ0n) is 17.0. The van der Waals surface area contributed by atoms with Gasteiger partial charge in [0.05, 0.1) is 13.2 Å². The van der Waals surface area contributed by atoms with Crippen LogP contribution >= 0.6 is 0 Å². The van der Waals surface area contributed by atoms with E-state index in [1.807, 2.05) is 62.3 Å². The zero-order chi connectivity index (χ0) is 20.7. The maximum atomic E-state index is 12.2. The summed E-state index contributed by atoms with van der Waals surface area (Å²) in [6, 6.07) is 14.9. The molecule has 2 amide bonds. The highest BCUT2D eigenvalue weighted by atomic mass is 16.5. The van der Waals surface area contributed by atoms with Gasteiger partial charge in [-0.15, -0.1) is 0 Å². The summed E-state index contributed by atoms with van der Waals surface area (Å²) in [4.78, 5) is 28.4. The van der Waals surface area contributed by atoms with Gasteiger partial charge in [-0.2, -0.15) is 0 Å². The Morgan fingerprint density at radius 1 is 1.00 bits per heavy atom. The van der Waals surface area contributed by atoms with Crippen molar-refractivity contribution in [2.75, 3.05) is 52.1 Å². The lowest BCUT2D eigenvalue weighted by Gasteiger charge is -2.25. The highest BCUT2D eigenvalue weighted by molar-refractivity contribution is 6.39. The van der Waals surface area contributed by atoms with Crippen LogP contribution in [0.2, 0.25) is 0 Å². The number of likely N-dealkylation sites (N-methyl/N-ethyl adjacent to an activating group) is 1. The summed E-state index contributed by atoms with van der Waals surface area (Å²) in [5, 5.41) is 5.29. The van der Waals surface area contributed by atoms with Crippen LogP contribution in [0.4, 0.5) is 11.4 Å². The van der Waals surface area contributed by atoms with Crippen LogP contribution in [0.25, 0.3) is 0 Å². The van der Waals surface area contributed by atoms with Crippen LogP contribution in [0, 0.1) is 0 Å². The smallest absolute Gasteiger partial charge is 0.313 e. The van der Waals surface area contributed by atoms with Crippen molar-refractivity contribution in [1.29, 1.82) is 0 Å². The second-order valence-electron chi connectivity index (χ2n) is 6.86. The predicted molar refractivity (Wildman–Crippen MR) is 112 cm³/mol. The molecule has 0 saturated heterocycles. The summed E-state index contributed by atoms with van der Waals surface area (Å²) in [7, 11) is 9.39. The summed E-state index contributed by atoms with van der Waals surface area (Å²) < 4.78 is 5.11. The molecular weight excluding hydrogens is 356 g/mol. The number of ether oxygens (including phenoxy) is 1. The quantitative estimate of drug-likeness (QED) is 0.716. The van der Waals surface area contributed by atoms with E-state index in [0.717, 1.165) is 11.3 Å². The molecule has 0 spiro atoms. The fraction of sp³-hybridized carbons (Fsp3) is 0.333. The molecule has 1 atom stereocenters. The van der Waals surface area contributed by atoms with Crippen molar-refractivity contribution in [3.8, 4) is 5.75 Å². The van der Waals surface area contributed by atoms with E-state index >= 15 is 0 Å². The molecule has 7 heteroatoms. The Hall–Kier alpha value is -3.06. The van der Waals surface area contributed by atoms with Crippen molar-refractivity contribution in [2.24, 2.45) is 0 Å². The van der Waals surface area contributed by atoms with E-state index in [4.69, 9.17) is 4.74 Å². The normalized spacial score (nSPS) is 11.6. The summed E-state index contributed by atoms with van der Waals surface area (Å²) in [6.07, 6.45) is 0. The zero-order valence-corrected chi connectivity index (χ0v) is 17.0. The molecule has 0 aliphatic rings. The third-order valence-electron chi connectivity index (χ3n) is 4.41. The Morgan fingerprint density at radius 3 is 2.25 bits per heavy atom. The van der Waals surface area contributed by atoms with Crippen LogP contribution in [0.15, 0.2) is 48.5 Å². The minimum Gasteiger partial charge on any atom is -0.497 e. The molecular formula is C21H28N4O3. The van der Waals surface area contributed by atoms with E-state index in [0.29, 0.717) is 18.0 Å². The van der Waals surface area contributed by atoms with E-state index in [-0.39, 0.29) is 6.04 Å². The van der Waals surface area contributed by atoms with E-state index in [1.165, 1.54) is 0 Å². The molecule has 7 nitrogen and oxygen atoms in total. The standard InChI is InChI=1S/C21H28N4O3/c1-24(2)17-11-9-15(10-12-17)19(25(3)4)14-22-20(26)21(27)23-16-7-6-8-18(13-16)28-5/h6-13,19H,14H2,1-5H3,(H,22,26)(H,23,27). The van der Waals surface area contributed by atoms with Crippen molar-refractivity contribution >= 4 is 23.2 Å². The lowest BCUT2D eigenvalue weighted by Crippen LogP contribution is -2.40. The number of methoxy groups -OCH3 is 1. The number of anilines is 2. The summed E-state index contributed by atoms with van der Waals surface area (Å²) in [5.74, 6) is -0.791. The molecule has 2 rings (SSSR count). The molecule has 2 aromatic carbocycles. The summed E-state index contributed by atoms with van der Waals surface area (Å²) in [6.45, 7) is 0.318. The molecule has 1 unspecified atom stereocenters. The number of nitrogens with zero attached hydrogens (tertiary/aromatic N) is 2. The Kier molecular flexibility index (Phi) is 7.40. The van der Waals surface area contributed by atoms with Crippen LogP contribution < -0.4 is 20.3 Å². The summed E-state index contributed by atoms with van der Waals surface area (Å²) in [5.41, 5.74) is 2.66. The third kappa shape index (κ3) is 5.72. The molecule has 0 aromatic heterocycles. The number of carbonyl (C=O) groups is 2. The Labute approximate surface area is 166 Å². The molecule has 0 saturated carbocycles. The largest absolute Gasteiger partial charge is 0.497 e. The molecule has 0 radical (unpaired) electrons. The van der Waals surface area contributed by atoms with Gasteiger partial charge in [0.2, 0.25) is 0 Å². The second-order valence-corrected chi connectivity index (χ2v) is 6.86. The summed E-state index contributed by atoms with van der Waals surface area (Å²) >= 11 is 0. The number of carbonyl (C=O) groups excluding carboxylic acids is 2. The van der Waals surface area contributed by atoms with Crippen LogP contribution in [-0.4, -0.2) is 58.6 Å². The van der Waals surface area contributed by atoms with Crippen molar-refractivity contribution in [1.82, 2.24) is 10.2 Å². The first-order chi connectivity index (χ1) is 13.3. The highest BCUT2D eigenvalue weighted by Gasteiger charge is 2.19. The molecule has 2 aromatic rings. The third-order valence-corrected chi connectivity index (χ3v) is 4.41. The average molecular weight is 384 g/mol. The first-order valence-corrected chi connectivity index (χ1v) is 8.98. The maximum absolute atomic E-state index is 12.2. The van der Waals surface area contributed by atoms with Gasteiger partial charge in [0.25, 0.3) is 0 Å². The molecule has 0 aliphatic heterocycles. The molecule has 28 heavy (non-hydrogen) atoms. The molecule has 2 N–H and O–H groups in total. The number of nitrogens with one attached hydrogen (secondary N) is 2. The monoisotopic (exact) mass is 384 g/mol. The fourth-order valence-electron chi connectivity index (χ4n) is 2.75. The van der Waals surface area contributed by atoms with E-state index in [9.17, 15) is 9.59 Å². The van der Waals surface area contributed by atoms with Gasteiger partial charge in [-0.25, -0.2) is 0 Å². The lowest BCUT2D eigenvalue weighted by atomic mass is 10.1. The minimum absolute atomic E-state index is 0.0511. The van der Waals surface area contributed by atoms with Crippen molar-refractivity contribution in [3.05, 3.63) is 54.1 Å². The van der Waals surface area contributed by atoms with Gasteiger partial charge in [0.1, 0.15) is 5.75 Å². The van der Waals surface area contributed by atoms with Gasteiger partial charge < -0.3 is 25.2 Å². The van der Waals surface area contributed by atoms with Crippen LogP contribution in [-0.2, 0) is 9.59 Å². The van der Waals surface area contributed by atoms with Crippen molar-refractivity contribution in [2.45, 2.75) is 6.04 Å². The first kappa shape index (κ1) is 21.2. The van der Waals surface area contributed by atoms with E-state index < -0.39 is 11.8 Å². The highest BCUT2D eigenvalue weighted by Crippen LogP contribution is 2.21. The molecule has 0 heterocycles. The van der Waals surface area contributed by atoms with Crippen molar-refractivity contribution in [3.63, 3.8) is 0 Å². The SMILES string of the molecule is COc1cccc(NC(=O)C(=O)NCC(c2ccc(N(C)C)cc2)N(C)C)c1. The maximum Gasteiger partial charge on any atom is 0.313 e. The molecule has 150 valence electrons. The van der Waals surface area contributed by atoms with E-state index in [1.54, 1.807) is 31.4 Å². The number of amides is 2. The van der Waals surface area contributed by atoms with Gasteiger partial charge in [-0.3, -0.25) is 9.59 Å². The minimum atomic E-state index is -0.714. The number of benzene rings is 2. The number of hydrogen-bond donors (Lipinski definition) is 2. The van der Waals surface area contributed by atoms with Gasteiger partial charge in [-0.1, -0.05) is 18.2 Å². The molecule has 0 bridgehead atoms. The van der Waals surface area contributed by atoms with Crippen LogP contribution in [0.3, 0.4) is 0 Å². The Balaban J connectivity index is 1.98. The topological polar surface area (TPSA) is 73.9 Å². The van der Waals surface area contributed by atoms with Crippen LogP contribution in [0.5, 0.6) is 5.75 Å². The Bertz CT molecular complexity index is 804. The van der Waals surface area contributed by atoms with E-state index in [2.05, 4.69) is 10.6 Å². The van der Waals surface area contributed by atoms with Gasteiger partial charge in [0, 0.05) is 38.1 Å². The Morgan fingerprint density at radius 2 is 1.68 bits per heavy atom. The van der Waals surface area contributed by atoms with Crippen molar-refractivity contribution < 1.29 is 14.3 Å². The first-order valence-electron chi connectivity index (χ1n) is 8.98. The molecule has 0 aliphatic carbocycles. The van der Waals surface area contributed by atoms with Gasteiger partial charge in [0.15, 0.2) is 0 Å². The average Bonchev–Trinajstić information content (AvgIpc) is 2.68. The van der Waals surface area contributed by atoms with Crippen LogP contribution in [0.1, 0.15) is 11.6 Å². The van der Waals surface area contributed by atoms with Gasteiger partial charge >= 0.3 is 11.8 Å². The predicted octanol–water partition coefficient (Wildman–Crippen LogP) is 2.12. The number of rotatable bonds is 7. The lowest BCUT2D eigenvalue weighted by molar-refractivity contribution is -0.136. The van der Waals surface area contributed by atoms with Gasteiger partial charge in [-0.05, 0) is 43.9 Å². The number of hydrogen-bond acceptors (Lipinski definition) is 5. The molecule has 0 fully saturated rings.